The molecular formula is C15H9FO. The summed E-state index contributed by atoms with van der Waals surface area (Å²) in [7, 11) is 0. The molecule has 0 amide bonds. The lowest BCUT2D eigenvalue weighted by Crippen LogP contribution is -1.86. The number of hydrogen-bond donors (Lipinski definition) is 0. The largest absolute Gasteiger partial charge is 0.298 e. The van der Waals surface area contributed by atoms with Gasteiger partial charge < -0.3 is 0 Å². The summed E-state index contributed by atoms with van der Waals surface area (Å²) in [6, 6.07) is 13.1. The molecule has 0 saturated carbocycles. The molecule has 0 fully saturated rings. The molecule has 0 saturated heterocycles. The van der Waals surface area contributed by atoms with Crippen molar-refractivity contribution in [2.75, 3.05) is 0 Å². The fourth-order valence-electron chi connectivity index (χ4n) is 1.42. The average Bonchev–Trinajstić information content (AvgIpc) is 2.37. The molecule has 0 bridgehead atoms. The Morgan fingerprint density at radius 3 is 2.59 bits per heavy atom. The molecule has 17 heavy (non-hydrogen) atoms. The molecule has 0 aliphatic carbocycles. The van der Waals surface area contributed by atoms with Gasteiger partial charge in [-0.2, -0.15) is 0 Å². The van der Waals surface area contributed by atoms with Gasteiger partial charge in [0.15, 0.2) is 6.29 Å². The minimum atomic E-state index is -0.319. The third-order valence-electron chi connectivity index (χ3n) is 2.25. The molecule has 0 unspecified atom stereocenters. The van der Waals surface area contributed by atoms with Gasteiger partial charge in [-0.05, 0) is 24.3 Å². The molecule has 0 spiro atoms. The Morgan fingerprint density at radius 1 is 1.00 bits per heavy atom. The lowest BCUT2D eigenvalue weighted by atomic mass is 10.1. The van der Waals surface area contributed by atoms with Crippen molar-refractivity contribution >= 4 is 6.29 Å². The second-order valence-corrected chi connectivity index (χ2v) is 3.47. The van der Waals surface area contributed by atoms with Crippen molar-refractivity contribution in [3.8, 4) is 11.8 Å². The number of aldehydes is 1. The van der Waals surface area contributed by atoms with Crippen molar-refractivity contribution in [3.63, 3.8) is 0 Å². The average molecular weight is 224 g/mol. The first-order valence-electron chi connectivity index (χ1n) is 5.11. The predicted molar refractivity (Wildman–Crippen MR) is 64.2 cm³/mol. The van der Waals surface area contributed by atoms with Gasteiger partial charge in [0.2, 0.25) is 0 Å². The number of rotatable bonds is 1. The highest BCUT2D eigenvalue weighted by Crippen LogP contribution is 2.06. The van der Waals surface area contributed by atoms with Gasteiger partial charge in [0.1, 0.15) is 5.82 Å². The summed E-state index contributed by atoms with van der Waals surface area (Å²) in [6.07, 6.45) is 0.760. The molecule has 0 aromatic heterocycles. The predicted octanol–water partition coefficient (Wildman–Crippen LogP) is 3.04. The van der Waals surface area contributed by atoms with E-state index >= 15 is 0 Å². The smallest absolute Gasteiger partial charge is 0.151 e. The molecule has 82 valence electrons. The monoisotopic (exact) mass is 224 g/mol. The van der Waals surface area contributed by atoms with E-state index in [1.54, 1.807) is 30.3 Å². The zero-order valence-corrected chi connectivity index (χ0v) is 8.98. The highest BCUT2D eigenvalue weighted by atomic mass is 19.1. The summed E-state index contributed by atoms with van der Waals surface area (Å²) >= 11 is 0. The maximum Gasteiger partial charge on any atom is 0.151 e. The molecule has 0 aliphatic rings. The first-order valence-corrected chi connectivity index (χ1v) is 5.11. The zero-order chi connectivity index (χ0) is 12.1. The Labute approximate surface area is 98.9 Å². The lowest BCUT2D eigenvalue weighted by Gasteiger charge is -1.94. The van der Waals surface area contributed by atoms with E-state index in [2.05, 4.69) is 11.8 Å². The van der Waals surface area contributed by atoms with Gasteiger partial charge in [-0.1, -0.05) is 36.1 Å². The summed E-state index contributed by atoms with van der Waals surface area (Å²) in [5, 5.41) is 0. The van der Waals surface area contributed by atoms with Crippen molar-refractivity contribution in [1.29, 1.82) is 0 Å². The summed E-state index contributed by atoms with van der Waals surface area (Å²) in [6.45, 7) is 0. The number of benzene rings is 2. The van der Waals surface area contributed by atoms with Gasteiger partial charge in [0.25, 0.3) is 0 Å². The zero-order valence-electron chi connectivity index (χ0n) is 8.98. The molecule has 0 heterocycles. The fourth-order valence-corrected chi connectivity index (χ4v) is 1.42. The van der Waals surface area contributed by atoms with Crippen LogP contribution in [0.25, 0.3) is 0 Å². The summed E-state index contributed by atoms with van der Waals surface area (Å²) in [5.74, 6) is 5.37. The van der Waals surface area contributed by atoms with Crippen molar-refractivity contribution in [2.24, 2.45) is 0 Å². The molecule has 2 rings (SSSR count). The minimum Gasteiger partial charge on any atom is -0.298 e. The molecule has 2 aromatic carbocycles. The Bertz CT molecular complexity index is 606. The molecule has 1 nitrogen and oxygen atoms in total. The van der Waals surface area contributed by atoms with E-state index in [4.69, 9.17) is 0 Å². The minimum absolute atomic E-state index is 0.319. The number of halogens is 1. The van der Waals surface area contributed by atoms with Crippen LogP contribution in [0.2, 0.25) is 0 Å². The number of hydrogen-bond acceptors (Lipinski definition) is 1. The molecule has 0 aliphatic heterocycles. The maximum absolute atomic E-state index is 12.9. The van der Waals surface area contributed by atoms with E-state index in [-0.39, 0.29) is 5.82 Å². The standard InChI is InChI=1S/C15H9FO/c16-15-7-3-4-12(10-15)8-9-13-5-1-2-6-14(13)11-17/h1-7,10-11H. The maximum atomic E-state index is 12.9. The van der Waals surface area contributed by atoms with E-state index in [1.807, 2.05) is 6.07 Å². The van der Waals surface area contributed by atoms with Crippen molar-refractivity contribution < 1.29 is 9.18 Å². The third-order valence-corrected chi connectivity index (χ3v) is 2.25. The molecular weight excluding hydrogens is 215 g/mol. The van der Waals surface area contributed by atoms with E-state index in [9.17, 15) is 9.18 Å². The van der Waals surface area contributed by atoms with Crippen LogP contribution in [0.15, 0.2) is 48.5 Å². The van der Waals surface area contributed by atoms with Crippen LogP contribution in [0.4, 0.5) is 4.39 Å². The molecule has 0 N–H and O–H groups in total. The first kappa shape index (κ1) is 11.1. The SMILES string of the molecule is O=Cc1ccccc1C#Cc1cccc(F)c1. The molecule has 0 radical (unpaired) electrons. The van der Waals surface area contributed by atoms with Crippen LogP contribution >= 0.6 is 0 Å². The highest BCUT2D eigenvalue weighted by molar-refractivity contribution is 5.79. The first-order chi connectivity index (χ1) is 8.29. The summed E-state index contributed by atoms with van der Waals surface area (Å²) in [5.41, 5.74) is 1.77. The van der Waals surface area contributed by atoms with Gasteiger partial charge in [-0.15, -0.1) is 0 Å². The van der Waals surface area contributed by atoms with Crippen LogP contribution in [0.5, 0.6) is 0 Å². The topological polar surface area (TPSA) is 17.1 Å². The van der Waals surface area contributed by atoms with E-state index in [0.29, 0.717) is 16.7 Å². The fraction of sp³-hybridized carbons (Fsp3) is 0. The van der Waals surface area contributed by atoms with E-state index in [0.717, 1.165) is 6.29 Å². The van der Waals surface area contributed by atoms with Crippen molar-refractivity contribution in [3.05, 3.63) is 71.0 Å². The van der Waals surface area contributed by atoms with Gasteiger partial charge >= 0.3 is 0 Å². The second kappa shape index (κ2) is 5.09. The van der Waals surface area contributed by atoms with Crippen LogP contribution in [0, 0.1) is 17.7 Å². The molecule has 2 aromatic rings. The lowest BCUT2D eigenvalue weighted by molar-refractivity contribution is 0.112. The van der Waals surface area contributed by atoms with Crippen LogP contribution in [-0.4, -0.2) is 6.29 Å². The van der Waals surface area contributed by atoms with Crippen molar-refractivity contribution in [1.82, 2.24) is 0 Å². The second-order valence-electron chi connectivity index (χ2n) is 3.47. The van der Waals surface area contributed by atoms with Crippen LogP contribution in [0.3, 0.4) is 0 Å². The van der Waals surface area contributed by atoms with Gasteiger partial charge in [-0.25, -0.2) is 4.39 Å². The third kappa shape index (κ3) is 2.79. The Hall–Kier alpha value is -2.40. The van der Waals surface area contributed by atoms with E-state index < -0.39 is 0 Å². The Balaban J connectivity index is 2.36. The van der Waals surface area contributed by atoms with Crippen molar-refractivity contribution in [2.45, 2.75) is 0 Å². The van der Waals surface area contributed by atoms with Crippen LogP contribution in [-0.2, 0) is 0 Å². The van der Waals surface area contributed by atoms with Gasteiger partial charge in [0, 0.05) is 16.7 Å². The number of carbonyl (C=O) groups is 1. The Morgan fingerprint density at radius 2 is 1.82 bits per heavy atom. The number of carbonyl (C=O) groups excluding carboxylic acids is 1. The summed E-state index contributed by atoms with van der Waals surface area (Å²) < 4.78 is 12.9. The quantitative estimate of drug-likeness (QED) is 0.537. The van der Waals surface area contributed by atoms with E-state index in [1.165, 1.54) is 12.1 Å². The Kier molecular flexibility index (Phi) is 3.32. The molecule has 2 heteroatoms. The summed E-state index contributed by atoms with van der Waals surface area (Å²) in [4.78, 5) is 10.8. The highest BCUT2D eigenvalue weighted by Gasteiger charge is 1.96. The van der Waals surface area contributed by atoms with Crippen LogP contribution in [0.1, 0.15) is 21.5 Å². The van der Waals surface area contributed by atoms with Gasteiger partial charge in [0.05, 0.1) is 0 Å². The van der Waals surface area contributed by atoms with Gasteiger partial charge in [-0.3, -0.25) is 4.79 Å². The molecule has 0 atom stereocenters. The van der Waals surface area contributed by atoms with Crippen LogP contribution < -0.4 is 0 Å². The normalized spacial score (nSPS) is 9.24.